The third kappa shape index (κ3) is 4.05. The predicted octanol–water partition coefficient (Wildman–Crippen LogP) is 0.983. The van der Waals surface area contributed by atoms with Gasteiger partial charge in [0.2, 0.25) is 11.9 Å². The van der Waals surface area contributed by atoms with Crippen molar-refractivity contribution in [3.05, 3.63) is 0 Å². The molecule has 1 aromatic heterocycles. The molecule has 2 N–H and O–H groups in total. The van der Waals surface area contributed by atoms with Gasteiger partial charge < -0.3 is 15.4 Å². The summed E-state index contributed by atoms with van der Waals surface area (Å²) in [6.07, 6.45) is 1.28. The molecule has 0 fully saturated rings. The van der Waals surface area contributed by atoms with E-state index in [0.29, 0.717) is 32.1 Å². The Hall–Kier alpha value is -2.10. The molecule has 0 aromatic carbocycles. The fourth-order valence-corrected chi connectivity index (χ4v) is 1.34. The minimum atomic E-state index is 0.126. The van der Waals surface area contributed by atoms with E-state index < -0.39 is 0 Å². The Kier molecular flexibility index (Phi) is 5.64. The van der Waals surface area contributed by atoms with Gasteiger partial charge in [0.05, 0.1) is 19.1 Å². The number of hydrogen-bond donors (Lipinski definition) is 1. The third-order valence-electron chi connectivity index (χ3n) is 2.21. The fourth-order valence-electron chi connectivity index (χ4n) is 1.34. The standard InChI is InChI=1S/C11H18N6O/c1-3-8-18-11-15-9(13)14-10(16-11)17(4-2)7-5-6-12/h3-5,7-8H2,1-2H3,(H2,13,14,15,16). The van der Waals surface area contributed by atoms with Crippen molar-refractivity contribution >= 4 is 11.9 Å². The molecule has 1 heterocycles. The first kappa shape index (κ1) is 14.0. The van der Waals surface area contributed by atoms with E-state index in [4.69, 9.17) is 15.7 Å². The number of nitrogens with two attached hydrogens (primary N) is 1. The van der Waals surface area contributed by atoms with Crippen LogP contribution in [0.1, 0.15) is 26.7 Å². The molecule has 1 rings (SSSR count). The molecular formula is C11H18N6O. The van der Waals surface area contributed by atoms with Crippen LogP contribution < -0.4 is 15.4 Å². The summed E-state index contributed by atoms with van der Waals surface area (Å²) in [5, 5.41) is 8.60. The molecule has 18 heavy (non-hydrogen) atoms. The van der Waals surface area contributed by atoms with Crippen LogP contribution in [0.3, 0.4) is 0 Å². The molecule has 98 valence electrons. The number of anilines is 2. The van der Waals surface area contributed by atoms with Gasteiger partial charge in [0.1, 0.15) is 0 Å². The molecule has 7 nitrogen and oxygen atoms in total. The number of nitrogens with zero attached hydrogens (tertiary/aromatic N) is 5. The van der Waals surface area contributed by atoms with Crippen LogP contribution in [-0.4, -0.2) is 34.6 Å². The van der Waals surface area contributed by atoms with Crippen LogP contribution in [0.15, 0.2) is 0 Å². The van der Waals surface area contributed by atoms with Crippen LogP contribution >= 0.6 is 0 Å². The lowest BCUT2D eigenvalue weighted by molar-refractivity contribution is 0.292. The van der Waals surface area contributed by atoms with E-state index in [1.165, 1.54) is 0 Å². The molecule has 7 heteroatoms. The first-order valence-electron chi connectivity index (χ1n) is 5.97. The number of nitriles is 1. The number of aromatic nitrogens is 3. The van der Waals surface area contributed by atoms with E-state index in [1.54, 1.807) is 0 Å². The Bertz CT molecular complexity index is 416. The highest BCUT2D eigenvalue weighted by atomic mass is 16.5. The highest BCUT2D eigenvalue weighted by Crippen LogP contribution is 2.13. The van der Waals surface area contributed by atoms with E-state index in [1.807, 2.05) is 18.7 Å². The molecule has 0 saturated carbocycles. The summed E-state index contributed by atoms with van der Waals surface area (Å²) in [6.45, 7) is 5.75. The minimum Gasteiger partial charge on any atom is -0.463 e. The van der Waals surface area contributed by atoms with Gasteiger partial charge in [-0.1, -0.05) is 6.92 Å². The van der Waals surface area contributed by atoms with Crippen molar-refractivity contribution in [1.82, 2.24) is 15.0 Å². The lowest BCUT2D eigenvalue weighted by atomic mass is 10.4. The van der Waals surface area contributed by atoms with E-state index in [-0.39, 0.29) is 12.0 Å². The van der Waals surface area contributed by atoms with E-state index in [9.17, 15) is 0 Å². The maximum atomic E-state index is 8.60. The minimum absolute atomic E-state index is 0.126. The molecule has 0 aliphatic rings. The first-order valence-corrected chi connectivity index (χ1v) is 5.97. The maximum Gasteiger partial charge on any atom is 0.323 e. The van der Waals surface area contributed by atoms with Crippen LogP contribution in [0.4, 0.5) is 11.9 Å². The summed E-state index contributed by atoms with van der Waals surface area (Å²) in [7, 11) is 0. The fraction of sp³-hybridized carbons (Fsp3) is 0.636. The highest BCUT2D eigenvalue weighted by molar-refractivity contribution is 5.35. The van der Waals surface area contributed by atoms with Gasteiger partial charge in [0.25, 0.3) is 0 Å². The molecule has 0 unspecified atom stereocenters. The zero-order chi connectivity index (χ0) is 13.4. The summed E-state index contributed by atoms with van der Waals surface area (Å²) >= 11 is 0. The van der Waals surface area contributed by atoms with Gasteiger partial charge in [-0.2, -0.15) is 20.2 Å². The van der Waals surface area contributed by atoms with Gasteiger partial charge in [-0.3, -0.25) is 0 Å². The van der Waals surface area contributed by atoms with Crippen molar-refractivity contribution < 1.29 is 4.74 Å². The van der Waals surface area contributed by atoms with Crippen LogP contribution in [0, 0.1) is 11.3 Å². The third-order valence-corrected chi connectivity index (χ3v) is 2.21. The lowest BCUT2D eigenvalue weighted by Gasteiger charge is -2.19. The normalized spacial score (nSPS) is 9.83. The van der Waals surface area contributed by atoms with Crippen molar-refractivity contribution in [1.29, 1.82) is 5.26 Å². The van der Waals surface area contributed by atoms with Gasteiger partial charge in [-0.15, -0.1) is 0 Å². The monoisotopic (exact) mass is 250 g/mol. The Labute approximate surface area is 107 Å². The van der Waals surface area contributed by atoms with Crippen LogP contribution in [-0.2, 0) is 0 Å². The molecule has 0 atom stereocenters. The summed E-state index contributed by atoms with van der Waals surface area (Å²) in [5.74, 6) is 0.577. The second-order valence-electron chi connectivity index (χ2n) is 3.61. The van der Waals surface area contributed by atoms with Crippen molar-refractivity contribution in [2.75, 3.05) is 30.3 Å². The molecule has 0 saturated heterocycles. The zero-order valence-electron chi connectivity index (χ0n) is 10.8. The summed E-state index contributed by atoms with van der Waals surface area (Å²) in [4.78, 5) is 14.0. The van der Waals surface area contributed by atoms with Gasteiger partial charge in [-0.05, 0) is 13.3 Å². The summed E-state index contributed by atoms with van der Waals surface area (Å²) in [5.41, 5.74) is 5.62. The van der Waals surface area contributed by atoms with Crippen molar-refractivity contribution in [3.8, 4) is 12.1 Å². The smallest absolute Gasteiger partial charge is 0.323 e. The van der Waals surface area contributed by atoms with Gasteiger partial charge in [0.15, 0.2) is 0 Å². The maximum absolute atomic E-state index is 8.60. The second-order valence-corrected chi connectivity index (χ2v) is 3.61. The number of rotatable bonds is 7. The van der Waals surface area contributed by atoms with E-state index in [0.717, 1.165) is 6.42 Å². The lowest BCUT2D eigenvalue weighted by Crippen LogP contribution is -2.26. The Morgan fingerprint density at radius 1 is 1.33 bits per heavy atom. The van der Waals surface area contributed by atoms with Gasteiger partial charge >= 0.3 is 6.01 Å². The number of ether oxygens (including phenoxy) is 1. The molecule has 0 aliphatic carbocycles. The summed E-state index contributed by atoms with van der Waals surface area (Å²) in [6, 6.07) is 2.32. The molecule has 0 radical (unpaired) electrons. The van der Waals surface area contributed by atoms with Crippen molar-refractivity contribution in [2.45, 2.75) is 26.7 Å². The van der Waals surface area contributed by atoms with Gasteiger partial charge in [0, 0.05) is 13.1 Å². The van der Waals surface area contributed by atoms with Crippen LogP contribution in [0.25, 0.3) is 0 Å². The molecule has 0 spiro atoms. The quantitative estimate of drug-likeness (QED) is 0.769. The Balaban J connectivity index is 2.85. The second kappa shape index (κ2) is 7.27. The first-order chi connectivity index (χ1) is 8.71. The molecule has 0 aliphatic heterocycles. The van der Waals surface area contributed by atoms with Gasteiger partial charge in [-0.25, -0.2) is 0 Å². The van der Waals surface area contributed by atoms with Crippen LogP contribution in [0.2, 0.25) is 0 Å². The predicted molar refractivity (Wildman–Crippen MR) is 68.1 cm³/mol. The topological polar surface area (TPSA) is 101 Å². The molecule has 0 amide bonds. The molecule has 1 aromatic rings. The Morgan fingerprint density at radius 3 is 2.72 bits per heavy atom. The number of hydrogen-bond acceptors (Lipinski definition) is 7. The van der Waals surface area contributed by atoms with E-state index in [2.05, 4.69) is 21.0 Å². The number of nitrogen functional groups attached to an aromatic ring is 1. The SMILES string of the molecule is CCCOc1nc(N)nc(N(CC)CCC#N)n1. The average molecular weight is 250 g/mol. The Morgan fingerprint density at radius 2 is 2.11 bits per heavy atom. The molecule has 0 bridgehead atoms. The highest BCUT2D eigenvalue weighted by Gasteiger charge is 2.11. The van der Waals surface area contributed by atoms with E-state index >= 15 is 0 Å². The zero-order valence-corrected chi connectivity index (χ0v) is 10.8. The van der Waals surface area contributed by atoms with Crippen molar-refractivity contribution in [3.63, 3.8) is 0 Å². The summed E-state index contributed by atoms with van der Waals surface area (Å²) < 4.78 is 5.34. The largest absolute Gasteiger partial charge is 0.463 e. The van der Waals surface area contributed by atoms with Crippen molar-refractivity contribution in [2.24, 2.45) is 0 Å². The average Bonchev–Trinajstić information content (AvgIpc) is 2.37. The van der Waals surface area contributed by atoms with Crippen LogP contribution in [0.5, 0.6) is 6.01 Å². The molecular weight excluding hydrogens is 232 g/mol.